The average Bonchev–Trinajstić information content (AvgIpc) is 3.33. The Morgan fingerprint density at radius 3 is 1.61 bits per heavy atom. The van der Waals surface area contributed by atoms with E-state index in [0.717, 1.165) is 0 Å². The lowest BCUT2D eigenvalue weighted by Gasteiger charge is -2.26. The Morgan fingerprint density at radius 2 is 1.02 bits per heavy atom. The van der Waals surface area contributed by atoms with Gasteiger partial charge in [-0.05, 0) is 75.4 Å². The fourth-order valence-corrected chi connectivity index (χ4v) is 7.07. The molecule has 2 heteroatoms. The van der Waals surface area contributed by atoms with Crippen LogP contribution in [0.25, 0.3) is 11.1 Å². The zero-order chi connectivity index (χ0) is 28.7. The van der Waals surface area contributed by atoms with Gasteiger partial charge in [0.1, 0.15) is 11.4 Å². The van der Waals surface area contributed by atoms with Crippen molar-refractivity contribution in [2.45, 2.75) is 53.6 Å². The van der Waals surface area contributed by atoms with Crippen LogP contribution in [0, 0.1) is 41.5 Å². The Kier molecular flexibility index (Phi) is 7.09. The smallest absolute Gasteiger partial charge is 0.221 e. The number of benzene rings is 5. The predicted octanol–water partition coefficient (Wildman–Crippen LogP) is 9.88. The van der Waals surface area contributed by atoms with Gasteiger partial charge in [0, 0.05) is 16.7 Å². The Morgan fingerprint density at radius 1 is 0.537 bits per heavy atom. The summed E-state index contributed by atoms with van der Waals surface area (Å²) < 4.78 is 2.53. The first-order chi connectivity index (χ1) is 19.8. The van der Waals surface area contributed by atoms with Gasteiger partial charge >= 0.3 is 0 Å². The molecule has 0 saturated heterocycles. The molecular weight excluding hydrogens is 496 g/mol. The minimum absolute atomic E-state index is 0.0749. The van der Waals surface area contributed by atoms with Gasteiger partial charge in [-0.3, -0.25) is 0 Å². The maximum absolute atomic E-state index is 2.53. The van der Waals surface area contributed by atoms with Crippen molar-refractivity contribution in [2.24, 2.45) is 0 Å². The van der Waals surface area contributed by atoms with E-state index < -0.39 is 0 Å². The lowest BCUT2D eigenvalue weighted by Crippen LogP contribution is -2.26. The Balaban J connectivity index is 1.65. The molecule has 41 heavy (non-hydrogen) atoms. The van der Waals surface area contributed by atoms with Gasteiger partial charge < -0.3 is 0 Å². The summed E-state index contributed by atoms with van der Waals surface area (Å²) in [6, 6.07) is 40.4. The van der Waals surface area contributed by atoms with Crippen molar-refractivity contribution in [3.63, 3.8) is 0 Å². The third-order valence-electron chi connectivity index (χ3n) is 8.45. The van der Waals surface area contributed by atoms with Crippen molar-refractivity contribution >= 4 is 17.7 Å². The summed E-state index contributed by atoms with van der Waals surface area (Å²) in [5.41, 5.74) is 15.5. The second kappa shape index (κ2) is 10.9. The Hall–Kier alpha value is -4.43. The number of nitrogens with zero attached hydrogens (tertiary/aromatic N) is 2. The highest BCUT2D eigenvalue weighted by Crippen LogP contribution is 2.48. The number of aryl methyl sites for hydroxylation is 6. The van der Waals surface area contributed by atoms with Gasteiger partial charge in [-0.1, -0.05) is 114 Å². The molecule has 0 N–H and O–H groups in total. The van der Waals surface area contributed by atoms with Gasteiger partial charge in [0.25, 0.3) is 0 Å². The topological polar surface area (TPSA) is 6.25 Å². The molecule has 0 saturated carbocycles. The first-order valence-electron chi connectivity index (χ1n) is 14.6. The van der Waals surface area contributed by atoms with E-state index in [1.54, 1.807) is 0 Å². The van der Waals surface area contributed by atoms with Crippen LogP contribution in [-0.4, -0.2) is 10.9 Å². The largest absolute Gasteiger partial charge is 0.245 e. The number of hydrogen-bond acceptors (Lipinski definition) is 1. The molecule has 0 aliphatic carbocycles. The number of hydrogen-bond donors (Lipinski definition) is 0. The van der Waals surface area contributed by atoms with Crippen molar-refractivity contribution in [3.8, 4) is 11.1 Å². The Bertz CT molecular complexity index is 1700. The van der Waals surface area contributed by atoms with E-state index in [9.17, 15) is 0 Å². The van der Waals surface area contributed by atoms with Crippen LogP contribution in [-0.2, 0) is 0 Å². The number of rotatable bonds is 5. The summed E-state index contributed by atoms with van der Waals surface area (Å²) in [4.78, 5) is 2.53. The standard InChI is InChI=1S/C39H39N2/c1-26-21-28(3)36(29(4)22-26)34-19-13-14-20-35(34)40-25-41(37-30(5)23-27(2)24-31(37)6)39(33-17-11-8-12-18-33)38(40)32-15-9-7-10-16-32/h7-25,38-39H,1-6H3/q+1/t38-,39-/m0/s1. The summed E-state index contributed by atoms with van der Waals surface area (Å²) in [5.74, 6) is 0. The molecule has 1 heterocycles. The third-order valence-corrected chi connectivity index (χ3v) is 8.45. The van der Waals surface area contributed by atoms with E-state index in [0.29, 0.717) is 0 Å². The second-order valence-corrected chi connectivity index (χ2v) is 11.7. The zero-order valence-corrected chi connectivity index (χ0v) is 25.0. The summed E-state index contributed by atoms with van der Waals surface area (Å²) in [5, 5.41) is 0. The summed E-state index contributed by atoms with van der Waals surface area (Å²) in [6.45, 7) is 13.4. The molecule has 0 spiro atoms. The molecule has 2 atom stereocenters. The fourth-order valence-electron chi connectivity index (χ4n) is 7.07. The van der Waals surface area contributed by atoms with Crippen LogP contribution in [0.3, 0.4) is 0 Å². The quantitative estimate of drug-likeness (QED) is 0.203. The summed E-state index contributed by atoms with van der Waals surface area (Å²) in [6.07, 6.45) is 2.37. The van der Waals surface area contributed by atoms with Crippen LogP contribution in [0.1, 0.15) is 56.6 Å². The van der Waals surface area contributed by atoms with E-state index >= 15 is 0 Å². The maximum Gasteiger partial charge on any atom is 0.245 e. The van der Waals surface area contributed by atoms with E-state index in [2.05, 4.69) is 167 Å². The molecule has 0 unspecified atom stereocenters. The highest BCUT2D eigenvalue weighted by atomic mass is 15.3. The van der Waals surface area contributed by atoms with Crippen molar-refractivity contribution in [3.05, 3.63) is 154 Å². The lowest BCUT2D eigenvalue weighted by molar-refractivity contribution is -0.482. The van der Waals surface area contributed by atoms with Crippen LogP contribution in [0.15, 0.2) is 109 Å². The van der Waals surface area contributed by atoms with Crippen LogP contribution in [0.2, 0.25) is 0 Å². The maximum atomic E-state index is 2.53. The van der Waals surface area contributed by atoms with Crippen LogP contribution < -0.4 is 4.90 Å². The normalized spacial score (nSPS) is 16.6. The average molecular weight is 536 g/mol. The predicted molar refractivity (Wildman–Crippen MR) is 174 cm³/mol. The van der Waals surface area contributed by atoms with Crippen molar-refractivity contribution in [1.82, 2.24) is 0 Å². The molecular formula is C39H39N2+. The number of para-hydroxylation sites is 1. The highest BCUT2D eigenvalue weighted by molar-refractivity contribution is 5.91. The first-order valence-corrected chi connectivity index (χ1v) is 14.6. The molecule has 1 aliphatic rings. The summed E-state index contributed by atoms with van der Waals surface area (Å²) >= 11 is 0. The molecule has 5 aromatic rings. The van der Waals surface area contributed by atoms with Crippen molar-refractivity contribution < 1.29 is 4.58 Å². The van der Waals surface area contributed by atoms with Gasteiger partial charge in [0.05, 0.1) is 0 Å². The molecule has 0 radical (unpaired) electrons. The van der Waals surface area contributed by atoms with Gasteiger partial charge in [0.2, 0.25) is 6.34 Å². The van der Waals surface area contributed by atoms with Gasteiger partial charge in [-0.2, -0.15) is 0 Å². The highest BCUT2D eigenvalue weighted by Gasteiger charge is 2.47. The number of anilines is 1. The van der Waals surface area contributed by atoms with Crippen molar-refractivity contribution in [1.29, 1.82) is 0 Å². The fraction of sp³-hybridized carbons (Fsp3) is 0.205. The van der Waals surface area contributed by atoms with Crippen LogP contribution >= 0.6 is 0 Å². The SMILES string of the molecule is Cc1cc(C)c(-c2ccccc2N2C=[N+](c3c(C)cc(C)cc3C)[C@@H](c3ccccc3)[C@@H]2c2ccccc2)c(C)c1. The molecule has 0 fully saturated rings. The molecule has 0 aromatic heterocycles. The minimum atomic E-state index is 0.0749. The molecule has 2 nitrogen and oxygen atoms in total. The Labute approximate surface area is 245 Å². The molecule has 5 aromatic carbocycles. The molecule has 0 bridgehead atoms. The van der Waals surface area contributed by atoms with Crippen LogP contribution in [0.4, 0.5) is 11.4 Å². The van der Waals surface area contributed by atoms with Gasteiger partial charge in [-0.15, -0.1) is 0 Å². The van der Waals surface area contributed by atoms with E-state index in [1.807, 2.05) is 0 Å². The first kappa shape index (κ1) is 26.8. The monoisotopic (exact) mass is 535 g/mol. The minimum Gasteiger partial charge on any atom is -0.221 e. The van der Waals surface area contributed by atoms with Gasteiger partial charge in [-0.25, -0.2) is 9.48 Å². The molecule has 1 aliphatic heterocycles. The van der Waals surface area contributed by atoms with Crippen LogP contribution in [0.5, 0.6) is 0 Å². The zero-order valence-electron chi connectivity index (χ0n) is 25.0. The third kappa shape index (κ3) is 4.89. The van der Waals surface area contributed by atoms with E-state index in [-0.39, 0.29) is 12.1 Å². The van der Waals surface area contributed by atoms with E-state index in [4.69, 9.17) is 0 Å². The second-order valence-electron chi connectivity index (χ2n) is 11.7. The molecule has 0 amide bonds. The summed E-state index contributed by atoms with van der Waals surface area (Å²) in [7, 11) is 0. The molecule has 6 rings (SSSR count). The lowest BCUT2D eigenvalue weighted by atomic mass is 9.89. The van der Waals surface area contributed by atoms with E-state index in [1.165, 1.54) is 67.0 Å². The van der Waals surface area contributed by atoms with Gasteiger partial charge in [0.15, 0.2) is 12.1 Å². The van der Waals surface area contributed by atoms with Crippen molar-refractivity contribution in [2.75, 3.05) is 4.90 Å². The molecule has 204 valence electrons.